The van der Waals surface area contributed by atoms with Gasteiger partial charge >= 0.3 is 0 Å². The van der Waals surface area contributed by atoms with Crippen LogP contribution < -0.4 is 10.1 Å². The van der Waals surface area contributed by atoms with Gasteiger partial charge in [0.05, 0.1) is 11.6 Å². The average Bonchev–Trinajstić information content (AvgIpc) is 3.21. The summed E-state index contributed by atoms with van der Waals surface area (Å²) in [5, 5.41) is 5.48. The molecule has 0 saturated carbocycles. The minimum atomic E-state index is -0.276. The standard InChI is InChI=1S/C22H24ClN3O2S/c1-14(2)10-15(3)13-28-19-5-4-16(11-18(19)23)17-6-7-24-20(12-17)26-21(27)22-25-8-9-29-22/h4-9,11-12,14-15H,10,13H2,1-3H3,(H,24,26,27)/t15-/m1/s1. The molecule has 29 heavy (non-hydrogen) atoms. The van der Waals surface area contributed by atoms with Crippen molar-refractivity contribution in [2.24, 2.45) is 11.8 Å². The molecular weight excluding hydrogens is 406 g/mol. The Bertz CT molecular complexity index is 960. The summed E-state index contributed by atoms with van der Waals surface area (Å²) in [5.74, 6) is 1.97. The third-order valence-electron chi connectivity index (χ3n) is 4.29. The van der Waals surface area contributed by atoms with Crippen LogP contribution in [0.15, 0.2) is 48.1 Å². The van der Waals surface area contributed by atoms with Crippen LogP contribution in [0.4, 0.5) is 5.82 Å². The van der Waals surface area contributed by atoms with Crippen molar-refractivity contribution in [1.82, 2.24) is 9.97 Å². The number of anilines is 1. The Morgan fingerprint density at radius 2 is 1.93 bits per heavy atom. The largest absolute Gasteiger partial charge is 0.492 e. The van der Waals surface area contributed by atoms with E-state index in [1.807, 2.05) is 30.3 Å². The Morgan fingerprint density at radius 3 is 2.62 bits per heavy atom. The van der Waals surface area contributed by atoms with Crippen LogP contribution in [0, 0.1) is 11.8 Å². The zero-order chi connectivity index (χ0) is 20.8. The first kappa shape index (κ1) is 21.3. The molecule has 5 nitrogen and oxygen atoms in total. The van der Waals surface area contributed by atoms with Crippen molar-refractivity contribution in [1.29, 1.82) is 0 Å². The van der Waals surface area contributed by atoms with E-state index in [1.165, 1.54) is 11.3 Å². The Balaban J connectivity index is 1.69. The highest BCUT2D eigenvalue weighted by atomic mass is 35.5. The van der Waals surface area contributed by atoms with Gasteiger partial charge in [0.2, 0.25) is 0 Å². The smallest absolute Gasteiger partial charge is 0.285 e. The number of halogens is 1. The van der Waals surface area contributed by atoms with E-state index in [2.05, 4.69) is 36.1 Å². The number of nitrogens with one attached hydrogen (secondary N) is 1. The van der Waals surface area contributed by atoms with Crippen LogP contribution in [0.3, 0.4) is 0 Å². The van der Waals surface area contributed by atoms with Crippen LogP contribution in [0.2, 0.25) is 5.02 Å². The molecule has 0 radical (unpaired) electrons. The first-order valence-electron chi connectivity index (χ1n) is 9.52. The topological polar surface area (TPSA) is 64.1 Å². The summed E-state index contributed by atoms with van der Waals surface area (Å²) < 4.78 is 5.90. The van der Waals surface area contributed by atoms with Crippen LogP contribution in [-0.2, 0) is 0 Å². The lowest BCUT2D eigenvalue weighted by Crippen LogP contribution is -2.12. The summed E-state index contributed by atoms with van der Waals surface area (Å²) in [5.41, 5.74) is 1.82. The van der Waals surface area contributed by atoms with Gasteiger partial charge < -0.3 is 10.1 Å². The summed E-state index contributed by atoms with van der Waals surface area (Å²) in [6.45, 7) is 7.24. The van der Waals surface area contributed by atoms with Crippen LogP contribution in [0.25, 0.3) is 11.1 Å². The lowest BCUT2D eigenvalue weighted by molar-refractivity contribution is 0.102. The number of amides is 1. The number of hydrogen-bond donors (Lipinski definition) is 1. The number of thiazole rings is 1. The molecule has 3 aromatic rings. The summed E-state index contributed by atoms with van der Waals surface area (Å²) in [7, 11) is 0. The summed E-state index contributed by atoms with van der Waals surface area (Å²) in [6, 6.07) is 9.38. The Kier molecular flexibility index (Phi) is 7.23. The van der Waals surface area contributed by atoms with E-state index in [1.54, 1.807) is 17.8 Å². The predicted molar refractivity (Wildman–Crippen MR) is 119 cm³/mol. The third kappa shape index (κ3) is 6.02. The summed E-state index contributed by atoms with van der Waals surface area (Å²) in [4.78, 5) is 20.4. The van der Waals surface area contributed by atoms with Gasteiger partial charge in [0, 0.05) is 17.8 Å². The molecule has 0 fully saturated rings. The summed E-state index contributed by atoms with van der Waals surface area (Å²) in [6.07, 6.45) is 4.36. The molecule has 1 atom stereocenters. The quantitative estimate of drug-likeness (QED) is 0.464. The molecule has 0 aliphatic rings. The maximum absolute atomic E-state index is 12.2. The van der Waals surface area contributed by atoms with Gasteiger partial charge in [0.1, 0.15) is 11.6 Å². The second kappa shape index (κ2) is 9.85. The average molecular weight is 430 g/mol. The number of carbonyl (C=O) groups is 1. The number of aromatic nitrogens is 2. The highest BCUT2D eigenvalue weighted by Gasteiger charge is 2.12. The van der Waals surface area contributed by atoms with Crippen LogP contribution in [-0.4, -0.2) is 22.5 Å². The Hall–Kier alpha value is -2.44. The third-order valence-corrected chi connectivity index (χ3v) is 5.36. The fraction of sp³-hybridized carbons (Fsp3) is 0.318. The highest BCUT2D eigenvalue weighted by Crippen LogP contribution is 2.31. The van der Waals surface area contributed by atoms with Gasteiger partial charge in [-0.25, -0.2) is 9.97 Å². The van der Waals surface area contributed by atoms with Gasteiger partial charge in [0.25, 0.3) is 5.91 Å². The molecular formula is C22H24ClN3O2S. The SMILES string of the molecule is CC(C)C[C@@H](C)COc1ccc(-c2ccnc(NC(=O)c3nccs3)c2)cc1Cl. The maximum Gasteiger partial charge on any atom is 0.285 e. The molecule has 0 aliphatic carbocycles. The molecule has 2 heterocycles. The monoisotopic (exact) mass is 429 g/mol. The van der Waals surface area contributed by atoms with Gasteiger partial charge in [0.15, 0.2) is 5.01 Å². The van der Waals surface area contributed by atoms with Crippen LogP contribution in [0.1, 0.15) is 37.0 Å². The highest BCUT2D eigenvalue weighted by molar-refractivity contribution is 7.11. The normalized spacial score (nSPS) is 12.0. The van der Waals surface area contributed by atoms with Gasteiger partial charge in [-0.15, -0.1) is 11.3 Å². The zero-order valence-corrected chi connectivity index (χ0v) is 18.3. The van der Waals surface area contributed by atoms with Gasteiger partial charge in [-0.05, 0) is 53.6 Å². The van der Waals surface area contributed by atoms with Crippen LogP contribution in [0.5, 0.6) is 5.75 Å². The summed E-state index contributed by atoms with van der Waals surface area (Å²) >= 11 is 7.72. The van der Waals surface area contributed by atoms with Gasteiger partial charge in [-0.1, -0.05) is 38.4 Å². The molecule has 1 amide bonds. The number of hydrogen-bond acceptors (Lipinski definition) is 5. The fourth-order valence-electron chi connectivity index (χ4n) is 3.09. The minimum absolute atomic E-state index is 0.276. The van der Waals surface area contributed by atoms with Crippen molar-refractivity contribution in [2.75, 3.05) is 11.9 Å². The molecule has 0 aliphatic heterocycles. The van der Waals surface area contributed by atoms with Crippen molar-refractivity contribution >= 4 is 34.7 Å². The van der Waals surface area contributed by atoms with Gasteiger partial charge in [-0.2, -0.15) is 0 Å². The number of rotatable bonds is 8. The van der Waals surface area contributed by atoms with Crippen molar-refractivity contribution < 1.29 is 9.53 Å². The van der Waals surface area contributed by atoms with Crippen molar-refractivity contribution in [2.45, 2.75) is 27.2 Å². The van der Waals surface area contributed by atoms with E-state index in [4.69, 9.17) is 16.3 Å². The lowest BCUT2D eigenvalue weighted by Gasteiger charge is -2.16. The molecule has 152 valence electrons. The number of nitrogens with zero attached hydrogens (tertiary/aromatic N) is 2. The molecule has 1 aromatic carbocycles. The molecule has 3 rings (SSSR count). The lowest BCUT2D eigenvalue weighted by atomic mass is 10.00. The molecule has 1 N–H and O–H groups in total. The van der Waals surface area contributed by atoms with Crippen LogP contribution >= 0.6 is 22.9 Å². The first-order chi connectivity index (χ1) is 13.9. The second-order valence-corrected chi connectivity index (χ2v) is 8.71. The van der Waals surface area contributed by atoms with E-state index >= 15 is 0 Å². The van der Waals surface area contributed by atoms with E-state index < -0.39 is 0 Å². The fourth-order valence-corrected chi connectivity index (χ4v) is 3.85. The van der Waals surface area contributed by atoms with E-state index in [-0.39, 0.29) is 5.91 Å². The molecule has 0 saturated heterocycles. The predicted octanol–water partition coefficient (Wildman–Crippen LogP) is 6.17. The maximum atomic E-state index is 12.2. The molecule has 2 aromatic heterocycles. The molecule has 0 spiro atoms. The second-order valence-electron chi connectivity index (χ2n) is 7.41. The van der Waals surface area contributed by atoms with E-state index in [9.17, 15) is 4.79 Å². The van der Waals surface area contributed by atoms with Crippen molar-refractivity contribution in [3.63, 3.8) is 0 Å². The Labute approximate surface area is 180 Å². The van der Waals surface area contributed by atoms with Crippen molar-refractivity contribution in [3.8, 4) is 16.9 Å². The van der Waals surface area contributed by atoms with E-state index in [0.717, 1.165) is 17.5 Å². The van der Waals surface area contributed by atoms with Gasteiger partial charge in [-0.3, -0.25) is 4.79 Å². The number of pyridine rings is 1. The van der Waals surface area contributed by atoms with E-state index in [0.29, 0.717) is 40.0 Å². The molecule has 7 heteroatoms. The number of carbonyl (C=O) groups excluding carboxylic acids is 1. The Morgan fingerprint density at radius 1 is 1.14 bits per heavy atom. The van der Waals surface area contributed by atoms with Crippen molar-refractivity contribution in [3.05, 3.63) is 58.1 Å². The first-order valence-corrected chi connectivity index (χ1v) is 10.8. The minimum Gasteiger partial charge on any atom is -0.492 e. The number of benzene rings is 1. The molecule has 0 unspecified atom stereocenters. The molecule has 0 bridgehead atoms. The number of ether oxygens (including phenoxy) is 1. The zero-order valence-electron chi connectivity index (χ0n) is 16.7.